The molecule has 0 aliphatic heterocycles. The average molecular weight is 703 g/mol. The van der Waals surface area contributed by atoms with Gasteiger partial charge in [0.05, 0.1) is 34.4 Å². The summed E-state index contributed by atoms with van der Waals surface area (Å²) >= 11 is 0. The third kappa shape index (κ3) is 31.0. The monoisotopic (exact) mass is 703 g/mol. The number of carboxylic acids is 1. The van der Waals surface area contributed by atoms with Crippen molar-refractivity contribution in [1.29, 1.82) is 0 Å². The number of allylic oxidation sites excluding steroid dienone is 10. The molecule has 0 heterocycles. The zero-order valence-electron chi connectivity index (χ0n) is 32.3. The average Bonchev–Trinajstić information content (AvgIpc) is 3.06. The zero-order valence-corrected chi connectivity index (χ0v) is 32.3. The van der Waals surface area contributed by atoms with Crippen molar-refractivity contribution in [3.63, 3.8) is 0 Å². The first-order valence-electron chi connectivity index (χ1n) is 19.4. The van der Waals surface area contributed by atoms with Crippen molar-refractivity contribution >= 4 is 17.9 Å². The van der Waals surface area contributed by atoms with Crippen LogP contribution in [-0.2, 0) is 28.6 Å². The van der Waals surface area contributed by atoms with E-state index in [0.717, 1.165) is 57.8 Å². The van der Waals surface area contributed by atoms with E-state index in [1.165, 1.54) is 38.5 Å². The Morgan fingerprint density at radius 2 is 1.24 bits per heavy atom. The fourth-order valence-corrected chi connectivity index (χ4v) is 5.20. The number of aliphatic carboxylic acids is 1. The number of carbonyl (C=O) groups excluding carboxylic acids is 2. The van der Waals surface area contributed by atoms with E-state index in [9.17, 15) is 19.5 Å². The summed E-state index contributed by atoms with van der Waals surface area (Å²) in [6, 6.07) is -0.626. The van der Waals surface area contributed by atoms with E-state index < -0.39 is 18.1 Å². The lowest BCUT2D eigenvalue weighted by molar-refractivity contribution is -0.887. The van der Waals surface area contributed by atoms with Gasteiger partial charge in [-0.25, -0.2) is 4.79 Å². The van der Waals surface area contributed by atoms with Crippen LogP contribution in [-0.4, -0.2) is 80.6 Å². The van der Waals surface area contributed by atoms with Crippen molar-refractivity contribution in [2.45, 2.75) is 148 Å². The molecule has 0 aromatic rings. The smallest absolute Gasteiger partial charge is 0.362 e. The number of ether oxygens (including phenoxy) is 3. The summed E-state index contributed by atoms with van der Waals surface area (Å²) in [5, 5.41) is 9.58. The molecule has 0 amide bonds. The molecule has 0 aromatic heterocycles. The number of carbonyl (C=O) groups is 3. The Labute approximate surface area is 305 Å². The van der Waals surface area contributed by atoms with Crippen molar-refractivity contribution in [3.8, 4) is 0 Å². The Bertz CT molecular complexity index is 1010. The molecular formula is C42H72NO7+. The van der Waals surface area contributed by atoms with Gasteiger partial charge < -0.3 is 23.8 Å². The van der Waals surface area contributed by atoms with E-state index in [0.29, 0.717) is 19.3 Å². The molecule has 2 atom stereocenters. The van der Waals surface area contributed by atoms with Crippen LogP contribution in [0.5, 0.6) is 0 Å². The van der Waals surface area contributed by atoms with Crippen LogP contribution in [0.15, 0.2) is 60.8 Å². The lowest BCUT2D eigenvalue weighted by Gasteiger charge is -2.31. The minimum Gasteiger partial charge on any atom is -0.477 e. The van der Waals surface area contributed by atoms with Crippen molar-refractivity contribution in [2.24, 2.45) is 0 Å². The summed E-state index contributed by atoms with van der Waals surface area (Å²) < 4.78 is 17.1. The highest BCUT2D eigenvalue weighted by atomic mass is 16.6. The fraction of sp³-hybridized carbons (Fsp3) is 0.690. The molecule has 0 fully saturated rings. The van der Waals surface area contributed by atoms with Gasteiger partial charge in [-0.1, -0.05) is 126 Å². The number of hydrogen-bond acceptors (Lipinski definition) is 6. The Balaban J connectivity index is 4.55. The van der Waals surface area contributed by atoms with Gasteiger partial charge in [-0.3, -0.25) is 9.59 Å². The second-order valence-corrected chi connectivity index (χ2v) is 13.9. The largest absolute Gasteiger partial charge is 0.477 e. The molecule has 1 N–H and O–H groups in total. The SMILES string of the molecule is CC/C=C/C=C/C=C/CCCCCCCC(=O)OC(COCCC(C(=O)O)[N+](C)(C)C)COC(=O)CC/C=C/C/C=C/CCCCCCCC. The quantitative estimate of drug-likeness (QED) is 0.0239. The maximum absolute atomic E-state index is 12.6. The van der Waals surface area contributed by atoms with E-state index in [1.54, 1.807) is 0 Å². The normalized spacial score (nSPS) is 13.7. The Kier molecular flexibility index (Phi) is 31.2. The molecule has 286 valence electrons. The van der Waals surface area contributed by atoms with Crippen LogP contribution in [0, 0.1) is 0 Å². The van der Waals surface area contributed by atoms with Gasteiger partial charge in [-0.15, -0.1) is 0 Å². The lowest BCUT2D eigenvalue weighted by Crippen LogP contribution is -2.50. The summed E-state index contributed by atoms with van der Waals surface area (Å²) in [6.45, 7) is 4.48. The lowest BCUT2D eigenvalue weighted by atomic mass is 10.1. The standard InChI is InChI=1S/C42H71NO7/c1-6-8-10-12-14-16-18-20-22-24-26-28-30-32-40(44)49-37-38(36-48-35-34-39(42(46)47)43(3,4)5)50-41(45)33-31-29-27-25-23-21-19-17-15-13-11-9-7-2/h9,11,13,15,17,19-20,22,26,28,38-39H,6-8,10,12,14,16,18,21,23-25,27,29-37H2,1-5H3/p+1/b11-9+,15-13+,19-17+,22-20+,28-26+. The van der Waals surface area contributed by atoms with E-state index >= 15 is 0 Å². The number of esters is 2. The molecule has 0 spiro atoms. The molecule has 50 heavy (non-hydrogen) atoms. The Morgan fingerprint density at radius 3 is 1.88 bits per heavy atom. The van der Waals surface area contributed by atoms with Gasteiger partial charge in [-0.05, 0) is 51.4 Å². The van der Waals surface area contributed by atoms with Gasteiger partial charge in [0.2, 0.25) is 0 Å². The predicted octanol–water partition coefficient (Wildman–Crippen LogP) is 9.85. The van der Waals surface area contributed by atoms with Gasteiger partial charge in [0.1, 0.15) is 6.61 Å². The van der Waals surface area contributed by atoms with Gasteiger partial charge >= 0.3 is 17.9 Å². The maximum atomic E-state index is 12.6. The van der Waals surface area contributed by atoms with Crippen LogP contribution in [0.2, 0.25) is 0 Å². The van der Waals surface area contributed by atoms with Gasteiger partial charge in [0.15, 0.2) is 12.1 Å². The zero-order chi connectivity index (χ0) is 37.1. The van der Waals surface area contributed by atoms with Crippen molar-refractivity contribution in [3.05, 3.63) is 60.8 Å². The predicted molar refractivity (Wildman–Crippen MR) is 206 cm³/mol. The number of nitrogens with zero attached hydrogens (tertiary/aromatic N) is 1. The highest BCUT2D eigenvalue weighted by Crippen LogP contribution is 2.12. The first kappa shape index (κ1) is 47.0. The molecule has 8 nitrogen and oxygen atoms in total. The summed E-state index contributed by atoms with van der Waals surface area (Å²) in [6.07, 6.45) is 38.5. The third-order valence-electron chi connectivity index (χ3n) is 8.23. The van der Waals surface area contributed by atoms with Crippen molar-refractivity contribution in [2.75, 3.05) is 41.0 Å². The van der Waals surface area contributed by atoms with Crippen molar-refractivity contribution < 1.29 is 38.2 Å². The molecule has 2 unspecified atom stereocenters. The van der Waals surface area contributed by atoms with Crippen LogP contribution >= 0.6 is 0 Å². The molecule has 0 radical (unpaired) electrons. The van der Waals surface area contributed by atoms with E-state index in [1.807, 2.05) is 39.4 Å². The summed E-state index contributed by atoms with van der Waals surface area (Å²) in [7, 11) is 5.49. The molecule has 0 saturated heterocycles. The number of rotatable bonds is 33. The van der Waals surface area contributed by atoms with E-state index in [-0.39, 0.29) is 42.7 Å². The fourth-order valence-electron chi connectivity index (χ4n) is 5.20. The molecule has 8 heteroatoms. The van der Waals surface area contributed by atoms with Crippen LogP contribution < -0.4 is 0 Å². The van der Waals surface area contributed by atoms with Gasteiger partial charge in [0.25, 0.3) is 0 Å². The number of hydrogen-bond donors (Lipinski definition) is 1. The highest BCUT2D eigenvalue weighted by molar-refractivity contribution is 5.72. The number of unbranched alkanes of at least 4 members (excludes halogenated alkanes) is 11. The van der Waals surface area contributed by atoms with Gasteiger partial charge in [0, 0.05) is 19.3 Å². The van der Waals surface area contributed by atoms with Crippen LogP contribution in [0.3, 0.4) is 0 Å². The van der Waals surface area contributed by atoms with Crippen molar-refractivity contribution in [1.82, 2.24) is 0 Å². The Morgan fingerprint density at radius 1 is 0.640 bits per heavy atom. The van der Waals surface area contributed by atoms with E-state index in [2.05, 4.69) is 56.4 Å². The third-order valence-corrected chi connectivity index (χ3v) is 8.23. The number of quaternary nitrogens is 1. The van der Waals surface area contributed by atoms with Crippen LogP contribution in [0.4, 0.5) is 0 Å². The molecule has 0 aliphatic carbocycles. The van der Waals surface area contributed by atoms with E-state index in [4.69, 9.17) is 14.2 Å². The highest BCUT2D eigenvalue weighted by Gasteiger charge is 2.31. The molecule has 0 saturated carbocycles. The second-order valence-electron chi connectivity index (χ2n) is 13.9. The minimum absolute atomic E-state index is 0.0328. The molecule has 0 rings (SSSR count). The topological polar surface area (TPSA) is 99.1 Å². The first-order valence-corrected chi connectivity index (χ1v) is 19.4. The van der Waals surface area contributed by atoms with Crippen LogP contribution in [0.1, 0.15) is 136 Å². The molecular weight excluding hydrogens is 630 g/mol. The molecule has 0 bridgehead atoms. The number of likely N-dealkylation sites (N-methyl/N-ethyl adjacent to an activating group) is 1. The Hall–Kier alpha value is -2.97. The first-order chi connectivity index (χ1) is 24.1. The summed E-state index contributed by atoms with van der Waals surface area (Å²) in [4.78, 5) is 36.7. The van der Waals surface area contributed by atoms with Gasteiger partial charge in [-0.2, -0.15) is 0 Å². The summed E-state index contributed by atoms with van der Waals surface area (Å²) in [5.74, 6) is -1.59. The second kappa shape index (κ2) is 33.2. The summed E-state index contributed by atoms with van der Waals surface area (Å²) in [5.41, 5.74) is 0. The van der Waals surface area contributed by atoms with Crippen LogP contribution in [0.25, 0.3) is 0 Å². The number of carboxylic acid groups (broad SMARTS) is 1. The minimum atomic E-state index is -0.889. The molecule has 0 aliphatic rings. The molecule has 0 aromatic carbocycles. The maximum Gasteiger partial charge on any atom is 0.362 e.